The molecular formula is C14H20U3. The molecule has 1 aromatic carbocycles. The molecule has 0 unspecified atom stereocenters. The van der Waals surface area contributed by atoms with Crippen molar-refractivity contribution in [3.63, 3.8) is 0 Å². The van der Waals surface area contributed by atoms with Gasteiger partial charge in [-0.15, -0.1) is 0 Å². The molecular weight excluding hydrogens is 882 g/mol. The van der Waals surface area contributed by atoms with Gasteiger partial charge >= 0.3 is 31.1 Å². The van der Waals surface area contributed by atoms with E-state index < -0.39 is 0 Å². The van der Waals surface area contributed by atoms with Crippen molar-refractivity contribution in [2.75, 3.05) is 0 Å². The normalized spacial score (nSPS) is 19.9. The molecule has 0 amide bonds. The van der Waals surface area contributed by atoms with Gasteiger partial charge in [-0.2, -0.15) is 6.42 Å². The standard InChI is InChI=1S/C13H17.CH3.3U/c1-3-10-7-5-6-8-12(10)13-9-11(13)4-2;;;;/h5-8,11,13H,1,3-4,9H2,2H3;1H3;;;/q2*-1;;;+2/t11-,13+;;;;/m1..../s1. The molecule has 0 radical (unpaired) electrons. The molecule has 88 valence electrons. The van der Waals surface area contributed by atoms with Crippen LogP contribution in [0.4, 0.5) is 0 Å². The summed E-state index contributed by atoms with van der Waals surface area (Å²) in [6.45, 7) is 6.27. The van der Waals surface area contributed by atoms with Crippen molar-refractivity contribution < 1.29 is 93.3 Å². The fourth-order valence-corrected chi connectivity index (χ4v) is 2.20. The molecule has 1 aliphatic rings. The summed E-state index contributed by atoms with van der Waals surface area (Å²) < 4.78 is 0. The van der Waals surface area contributed by atoms with Gasteiger partial charge in [0.1, 0.15) is 0 Å². The van der Waals surface area contributed by atoms with Gasteiger partial charge in [-0.1, -0.05) is 43.2 Å². The zero-order valence-electron chi connectivity index (χ0n) is 10.8. The zero-order valence-corrected chi connectivity index (χ0v) is 23.3. The smallest absolute Gasteiger partial charge is 0.358 e. The number of hydrogen-bond donors (Lipinski definition) is 0. The summed E-state index contributed by atoms with van der Waals surface area (Å²) in [5, 5.41) is 0. The quantitative estimate of drug-likeness (QED) is 0.403. The van der Waals surface area contributed by atoms with Crippen molar-refractivity contribution in [3.8, 4) is 0 Å². The summed E-state index contributed by atoms with van der Waals surface area (Å²) in [6.07, 6.45) is 3.66. The second-order valence-corrected chi connectivity index (χ2v) is 3.96. The maximum atomic E-state index is 3.98. The second kappa shape index (κ2) is 12.1. The van der Waals surface area contributed by atoms with Gasteiger partial charge in [-0.05, 0) is 23.8 Å². The summed E-state index contributed by atoms with van der Waals surface area (Å²) in [5.41, 5.74) is 3.01. The maximum Gasteiger partial charge on any atom is 2.00 e. The van der Waals surface area contributed by atoms with Crippen LogP contribution in [0.1, 0.15) is 36.8 Å². The molecule has 0 aromatic heterocycles. The van der Waals surface area contributed by atoms with E-state index in [1.807, 2.05) is 0 Å². The molecule has 0 N–H and O–H groups in total. The molecule has 2 atom stereocenters. The first-order valence-electron chi connectivity index (χ1n) is 5.23. The SMILES string of the molecule is [CH2-]Cc1ccccc1[C@H]1C[C@H]1CC.[CH3-].[U+2].[U].[U]. The Hall–Kier alpha value is 2.38. The van der Waals surface area contributed by atoms with Gasteiger partial charge < -0.3 is 14.4 Å². The second-order valence-electron chi connectivity index (χ2n) is 3.96. The van der Waals surface area contributed by atoms with Crippen LogP contribution < -0.4 is 0 Å². The van der Waals surface area contributed by atoms with Crippen LogP contribution in [0.5, 0.6) is 0 Å². The molecule has 0 bridgehead atoms. The first kappa shape index (κ1) is 24.4. The third-order valence-electron chi connectivity index (χ3n) is 3.17. The van der Waals surface area contributed by atoms with Gasteiger partial charge in [0, 0.05) is 62.2 Å². The molecule has 1 aliphatic carbocycles. The number of rotatable bonds is 3. The Kier molecular flexibility index (Phi) is 17.4. The van der Waals surface area contributed by atoms with Gasteiger partial charge in [-0.25, -0.2) is 0 Å². The summed E-state index contributed by atoms with van der Waals surface area (Å²) in [4.78, 5) is 0. The summed E-state index contributed by atoms with van der Waals surface area (Å²) in [6, 6.07) is 8.76. The van der Waals surface area contributed by atoms with Crippen molar-refractivity contribution in [3.05, 3.63) is 49.7 Å². The third-order valence-corrected chi connectivity index (χ3v) is 3.17. The summed E-state index contributed by atoms with van der Waals surface area (Å²) in [5.74, 6) is 1.80. The van der Waals surface area contributed by atoms with E-state index in [2.05, 4.69) is 38.1 Å². The largest absolute Gasteiger partial charge is 2.00 e. The van der Waals surface area contributed by atoms with Gasteiger partial charge in [0.25, 0.3) is 0 Å². The molecule has 0 nitrogen and oxygen atoms in total. The van der Waals surface area contributed by atoms with Crippen LogP contribution in [0.3, 0.4) is 0 Å². The fraction of sp³-hybridized carbons (Fsp3) is 0.429. The molecule has 17 heavy (non-hydrogen) atoms. The molecule has 2 rings (SSSR count). The molecule has 0 saturated heterocycles. The van der Waals surface area contributed by atoms with Crippen LogP contribution in [-0.4, -0.2) is 0 Å². The van der Waals surface area contributed by atoms with E-state index in [0.717, 1.165) is 18.3 Å². The van der Waals surface area contributed by atoms with Crippen LogP contribution in [0, 0.1) is 114 Å². The van der Waals surface area contributed by atoms with E-state index in [0.29, 0.717) is 0 Å². The summed E-state index contributed by atoms with van der Waals surface area (Å²) in [7, 11) is 0. The Bertz CT molecular complexity index is 299. The van der Waals surface area contributed by atoms with Gasteiger partial charge in [0.15, 0.2) is 0 Å². The van der Waals surface area contributed by atoms with Crippen molar-refractivity contribution >= 4 is 0 Å². The minimum atomic E-state index is 0. The van der Waals surface area contributed by atoms with Gasteiger partial charge in [-0.3, -0.25) is 0 Å². The molecule has 1 fully saturated rings. The Morgan fingerprint density at radius 3 is 2.29 bits per heavy atom. The van der Waals surface area contributed by atoms with Crippen molar-refractivity contribution in [2.24, 2.45) is 5.92 Å². The van der Waals surface area contributed by atoms with E-state index in [4.69, 9.17) is 0 Å². The monoisotopic (exact) mass is 902 g/mol. The van der Waals surface area contributed by atoms with Crippen LogP contribution in [-0.2, 0) is 6.42 Å². The first-order valence-corrected chi connectivity index (χ1v) is 5.23. The average molecular weight is 902 g/mol. The Morgan fingerprint density at radius 2 is 1.82 bits per heavy atom. The van der Waals surface area contributed by atoms with E-state index in [-0.39, 0.29) is 101 Å². The summed E-state index contributed by atoms with van der Waals surface area (Å²) >= 11 is 0. The average Bonchev–Trinajstić information content (AvgIpc) is 2.96. The Labute approximate surface area is 178 Å². The van der Waals surface area contributed by atoms with Crippen LogP contribution in [0.15, 0.2) is 24.3 Å². The fourth-order valence-electron chi connectivity index (χ4n) is 2.20. The number of benzene rings is 1. The van der Waals surface area contributed by atoms with Gasteiger partial charge in [0.2, 0.25) is 0 Å². The van der Waals surface area contributed by atoms with Gasteiger partial charge in [0.05, 0.1) is 0 Å². The van der Waals surface area contributed by atoms with Crippen molar-refractivity contribution in [1.29, 1.82) is 0 Å². The number of hydrogen-bond acceptors (Lipinski definition) is 0. The first-order chi connectivity index (χ1) is 6.36. The van der Waals surface area contributed by atoms with E-state index in [1.165, 1.54) is 18.4 Å². The molecule has 0 spiro atoms. The van der Waals surface area contributed by atoms with Crippen molar-refractivity contribution in [2.45, 2.75) is 32.1 Å². The minimum absolute atomic E-state index is 0. The molecule has 0 aliphatic heterocycles. The van der Waals surface area contributed by atoms with Crippen LogP contribution >= 0.6 is 0 Å². The Balaban J connectivity index is -0.000000490. The molecule has 1 saturated carbocycles. The van der Waals surface area contributed by atoms with E-state index >= 15 is 0 Å². The predicted octanol–water partition coefficient (Wildman–Crippen LogP) is 4.03. The van der Waals surface area contributed by atoms with Crippen molar-refractivity contribution in [1.82, 2.24) is 0 Å². The topological polar surface area (TPSA) is 0 Å². The van der Waals surface area contributed by atoms with E-state index in [1.54, 1.807) is 5.56 Å². The molecule has 1 aromatic rings. The van der Waals surface area contributed by atoms with E-state index in [9.17, 15) is 0 Å². The minimum Gasteiger partial charge on any atom is -0.358 e. The Morgan fingerprint density at radius 1 is 1.24 bits per heavy atom. The maximum absolute atomic E-state index is 3.98. The zero-order chi connectivity index (χ0) is 9.26. The molecule has 0 heterocycles. The van der Waals surface area contributed by atoms with Crippen LogP contribution in [0.2, 0.25) is 0 Å². The van der Waals surface area contributed by atoms with Crippen LogP contribution in [0.25, 0.3) is 0 Å². The molecule has 3 heteroatoms. The third kappa shape index (κ3) is 6.58. The predicted molar refractivity (Wildman–Crippen MR) is 63.1 cm³/mol.